The van der Waals surface area contributed by atoms with Crippen molar-refractivity contribution in [2.24, 2.45) is 0 Å². The van der Waals surface area contributed by atoms with Crippen molar-refractivity contribution in [1.82, 2.24) is 14.8 Å². The molecule has 1 aliphatic heterocycles. The Morgan fingerprint density at radius 3 is 2.73 bits per heavy atom. The molecule has 3 rings (SSSR count). The minimum atomic E-state index is -3.01. The maximum atomic E-state index is 12.2. The highest BCUT2D eigenvalue weighted by atomic mass is 32.2. The van der Waals surface area contributed by atoms with Crippen LogP contribution in [0.25, 0.3) is 0 Å². The van der Waals surface area contributed by atoms with E-state index < -0.39 is 9.84 Å². The van der Waals surface area contributed by atoms with Crippen LogP contribution in [-0.2, 0) is 9.84 Å². The monoisotopic (exact) mass is 320 g/mol. The van der Waals surface area contributed by atoms with Gasteiger partial charge in [0.2, 0.25) is 0 Å². The molecule has 1 unspecified atom stereocenters. The standard InChI is InChI=1S/C14H16N4O3S/c1-10-8-13(16-14(19)11-2-5-15-6-3-11)18(17-10)12-4-7-22(20,21)9-12/h2-3,5-6,8,12H,4,7,9H2,1H3,(H,16,19). The first kappa shape index (κ1) is 14.7. The molecule has 0 radical (unpaired) electrons. The van der Waals surface area contributed by atoms with E-state index in [1.807, 2.05) is 6.92 Å². The van der Waals surface area contributed by atoms with Crippen molar-refractivity contribution in [2.75, 3.05) is 16.8 Å². The first-order valence-electron chi connectivity index (χ1n) is 6.92. The molecule has 0 bridgehead atoms. The van der Waals surface area contributed by atoms with Gasteiger partial charge in [-0.1, -0.05) is 0 Å². The van der Waals surface area contributed by atoms with Crippen molar-refractivity contribution in [2.45, 2.75) is 19.4 Å². The Labute approximate surface area is 128 Å². The Kier molecular flexibility index (Phi) is 3.69. The summed E-state index contributed by atoms with van der Waals surface area (Å²) in [5, 5.41) is 7.12. The maximum absolute atomic E-state index is 12.2. The lowest BCUT2D eigenvalue weighted by Gasteiger charge is -2.13. The first-order chi connectivity index (χ1) is 10.4. The third kappa shape index (κ3) is 3.01. The Hall–Kier alpha value is -2.22. The van der Waals surface area contributed by atoms with Crippen LogP contribution in [-0.4, -0.2) is 40.6 Å². The summed E-state index contributed by atoms with van der Waals surface area (Å²) in [6.45, 7) is 1.81. The number of carbonyl (C=O) groups excluding carboxylic acids is 1. The number of nitrogens with one attached hydrogen (secondary N) is 1. The van der Waals surface area contributed by atoms with E-state index >= 15 is 0 Å². The van der Waals surface area contributed by atoms with Crippen LogP contribution in [0, 0.1) is 6.92 Å². The van der Waals surface area contributed by atoms with Gasteiger partial charge in [0.25, 0.3) is 5.91 Å². The lowest BCUT2D eigenvalue weighted by atomic mass is 10.2. The third-order valence-electron chi connectivity index (χ3n) is 3.60. The van der Waals surface area contributed by atoms with E-state index in [0.717, 1.165) is 5.69 Å². The molecule has 3 heterocycles. The number of carbonyl (C=O) groups is 1. The van der Waals surface area contributed by atoms with Crippen LogP contribution in [0.1, 0.15) is 28.5 Å². The zero-order valence-corrected chi connectivity index (χ0v) is 12.9. The minimum absolute atomic E-state index is 0.0618. The molecule has 1 aliphatic rings. The minimum Gasteiger partial charge on any atom is -0.307 e. The second-order valence-corrected chi connectivity index (χ2v) is 7.59. The van der Waals surface area contributed by atoms with E-state index in [1.54, 1.807) is 35.3 Å². The van der Waals surface area contributed by atoms with Gasteiger partial charge in [-0.15, -0.1) is 0 Å². The van der Waals surface area contributed by atoms with Crippen molar-refractivity contribution in [3.05, 3.63) is 41.9 Å². The van der Waals surface area contributed by atoms with Crippen LogP contribution in [0.2, 0.25) is 0 Å². The Balaban J connectivity index is 1.84. The number of pyridine rings is 1. The number of hydrogen-bond donors (Lipinski definition) is 1. The maximum Gasteiger partial charge on any atom is 0.256 e. The molecule has 1 atom stereocenters. The molecule has 1 saturated heterocycles. The zero-order valence-electron chi connectivity index (χ0n) is 12.1. The molecular weight excluding hydrogens is 304 g/mol. The van der Waals surface area contributed by atoms with Gasteiger partial charge in [-0.3, -0.25) is 9.78 Å². The molecule has 1 N–H and O–H groups in total. The first-order valence-corrected chi connectivity index (χ1v) is 8.75. The fraction of sp³-hybridized carbons (Fsp3) is 0.357. The number of rotatable bonds is 3. The summed E-state index contributed by atoms with van der Waals surface area (Å²) in [7, 11) is -3.01. The molecule has 0 spiro atoms. The van der Waals surface area contributed by atoms with Gasteiger partial charge >= 0.3 is 0 Å². The predicted octanol–water partition coefficient (Wildman–Crippen LogP) is 1.20. The van der Waals surface area contributed by atoms with Gasteiger partial charge in [0.05, 0.1) is 23.2 Å². The molecular formula is C14H16N4O3S. The van der Waals surface area contributed by atoms with Crippen molar-refractivity contribution in [3.8, 4) is 0 Å². The number of amides is 1. The number of sulfone groups is 1. The lowest BCUT2D eigenvalue weighted by Crippen LogP contribution is -2.19. The fourth-order valence-electron chi connectivity index (χ4n) is 2.55. The average molecular weight is 320 g/mol. The number of nitrogens with zero attached hydrogens (tertiary/aromatic N) is 3. The zero-order chi connectivity index (χ0) is 15.7. The number of aromatic nitrogens is 3. The van der Waals surface area contributed by atoms with Gasteiger partial charge < -0.3 is 5.32 Å². The highest BCUT2D eigenvalue weighted by molar-refractivity contribution is 7.91. The largest absolute Gasteiger partial charge is 0.307 e. The molecule has 1 amide bonds. The number of anilines is 1. The van der Waals surface area contributed by atoms with Crippen LogP contribution in [0.5, 0.6) is 0 Å². The summed E-state index contributed by atoms with van der Waals surface area (Å²) in [5.74, 6) is 0.464. The molecule has 116 valence electrons. The van der Waals surface area contributed by atoms with E-state index in [2.05, 4.69) is 15.4 Å². The molecule has 2 aromatic rings. The molecule has 1 fully saturated rings. The van der Waals surface area contributed by atoms with Crippen molar-refractivity contribution >= 4 is 21.6 Å². The van der Waals surface area contributed by atoms with Crippen LogP contribution in [0.4, 0.5) is 5.82 Å². The van der Waals surface area contributed by atoms with Crippen LogP contribution in [0.15, 0.2) is 30.6 Å². The van der Waals surface area contributed by atoms with Crippen molar-refractivity contribution in [1.29, 1.82) is 0 Å². The third-order valence-corrected chi connectivity index (χ3v) is 5.35. The predicted molar refractivity (Wildman–Crippen MR) is 81.5 cm³/mol. The topological polar surface area (TPSA) is 94.0 Å². The number of hydrogen-bond acceptors (Lipinski definition) is 5. The summed E-state index contributed by atoms with van der Waals surface area (Å²) in [6.07, 6.45) is 3.60. The molecule has 2 aromatic heterocycles. The quantitative estimate of drug-likeness (QED) is 0.917. The highest BCUT2D eigenvalue weighted by Crippen LogP contribution is 2.27. The second-order valence-electron chi connectivity index (χ2n) is 5.36. The van der Waals surface area contributed by atoms with Crippen molar-refractivity contribution in [3.63, 3.8) is 0 Å². The van der Waals surface area contributed by atoms with Crippen LogP contribution in [0.3, 0.4) is 0 Å². The van der Waals surface area contributed by atoms with Gasteiger partial charge in [0.15, 0.2) is 9.84 Å². The van der Waals surface area contributed by atoms with Crippen molar-refractivity contribution < 1.29 is 13.2 Å². The summed E-state index contributed by atoms with van der Waals surface area (Å²) < 4.78 is 24.9. The van der Waals surface area contributed by atoms with E-state index in [1.165, 1.54) is 0 Å². The molecule has 0 saturated carbocycles. The van der Waals surface area contributed by atoms with Gasteiger partial charge in [0.1, 0.15) is 5.82 Å². The Morgan fingerprint density at radius 2 is 2.09 bits per heavy atom. The van der Waals surface area contributed by atoms with Crippen LogP contribution >= 0.6 is 0 Å². The highest BCUT2D eigenvalue weighted by Gasteiger charge is 2.31. The molecule has 7 nitrogen and oxygen atoms in total. The number of aryl methyl sites for hydroxylation is 1. The Bertz CT molecular complexity index is 799. The smallest absolute Gasteiger partial charge is 0.256 e. The van der Waals surface area contributed by atoms with E-state index in [4.69, 9.17) is 0 Å². The molecule has 0 aromatic carbocycles. The average Bonchev–Trinajstić information content (AvgIpc) is 3.02. The van der Waals surface area contributed by atoms with Gasteiger partial charge in [-0.2, -0.15) is 5.10 Å². The van der Waals surface area contributed by atoms with E-state index in [-0.39, 0.29) is 23.5 Å². The fourth-order valence-corrected chi connectivity index (χ4v) is 4.24. The SMILES string of the molecule is Cc1cc(NC(=O)c2ccncc2)n(C2CCS(=O)(=O)C2)n1. The Morgan fingerprint density at radius 1 is 1.36 bits per heavy atom. The van der Waals surface area contributed by atoms with Gasteiger partial charge in [-0.25, -0.2) is 13.1 Å². The molecule has 8 heteroatoms. The summed E-state index contributed by atoms with van der Waals surface area (Å²) in [5.41, 5.74) is 1.22. The van der Waals surface area contributed by atoms with Crippen LogP contribution < -0.4 is 5.32 Å². The molecule has 0 aliphatic carbocycles. The van der Waals surface area contributed by atoms with Gasteiger partial charge in [-0.05, 0) is 25.5 Å². The van der Waals surface area contributed by atoms with Gasteiger partial charge in [0, 0.05) is 24.0 Å². The summed E-state index contributed by atoms with van der Waals surface area (Å²) in [6, 6.07) is 4.74. The summed E-state index contributed by atoms with van der Waals surface area (Å²) in [4.78, 5) is 16.1. The molecule has 22 heavy (non-hydrogen) atoms. The second kappa shape index (κ2) is 5.53. The lowest BCUT2D eigenvalue weighted by molar-refractivity contribution is 0.102. The van der Waals surface area contributed by atoms with E-state index in [9.17, 15) is 13.2 Å². The summed E-state index contributed by atoms with van der Waals surface area (Å²) >= 11 is 0. The normalized spacial score (nSPS) is 20.0. The van der Waals surface area contributed by atoms with E-state index in [0.29, 0.717) is 17.8 Å².